The summed E-state index contributed by atoms with van der Waals surface area (Å²) in [6.45, 7) is 1.84. The summed E-state index contributed by atoms with van der Waals surface area (Å²) in [5.74, 6) is -0.895. The van der Waals surface area contributed by atoms with Crippen molar-refractivity contribution in [1.29, 1.82) is 0 Å². The lowest BCUT2D eigenvalue weighted by molar-refractivity contribution is -0.123. The Kier molecular flexibility index (Phi) is 5.88. The quantitative estimate of drug-likeness (QED) is 0.749. The molecule has 0 saturated carbocycles. The second-order valence-electron chi connectivity index (χ2n) is 4.86. The maximum absolute atomic E-state index is 11.9. The molecule has 0 aliphatic heterocycles. The highest BCUT2D eigenvalue weighted by molar-refractivity contribution is 6.42. The van der Waals surface area contributed by atoms with E-state index >= 15 is 0 Å². The third-order valence-electron chi connectivity index (χ3n) is 3.00. The standard InChI is InChI=1S/C16H13Cl3N2O2/c1-9-2-3-10(17)6-14(9)21-16(23)8-15(22)20-11-4-5-12(18)13(19)7-11/h2-7H,8H2,1H3,(H,20,22)(H,21,23). The highest BCUT2D eigenvalue weighted by Gasteiger charge is 2.12. The Bertz CT molecular complexity index is 763. The molecule has 2 rings (SSSR count). The predicted octanol–water partition coefficient (Wildman–Crippen LogP) is 4.92. The van der Waals surface area contributed by atoms with Crippen LogP contribution in [0.25, 0.3) is 0 Å². The van der Waals surface area contributed by atoms with Crippen molar-refractivity contribution >= 4 is 58.0 Å². The van der Waals surface area contributed by atoms with Crippen LogP contribution in [0, 0.1) is 6.92 Å². The Balaban J connectivity index is 1.95. The van der Waals surface area contributed by atoms with Gasteiger partial charge in [0.15, 0.2) is 0 Å². The average molecular weight is 372 g/mol. The molecule has 0 bridgehead atoms. The minimum absolute atomic E-state index is 0.323. The summed E-state index contributed by atoms with van der Waals surface area (Å²) in [6, 6.07) is 9.82. The molecule has 0 spiro atoms. The van der Waals surface area contributed by atoms with E-state index in [1.165, 1.54) is 6.07 Å². The maximum Gasteiger partial charge on any atom is 0.233 e. The van der Waals surface area contributed by atoms with Crippen LogP contribution in [-0.2, 0) is 9.59 Å². The zero-order chi connectivity index (χ0) is 17.0. The first kappa shape index (κ1) is 17.6. The molecule has 2 aromatic carbocycles. The number of anilines is 2. The van der Waals surface area contributed by atoms with Gasteiger partial charge < -0.3 is 10.6 Å². The maximum atomic E-state index is 11.9. The predicted molar refractivity (Wildman–Crippen MR) is 94.5 cm³/mol. The first-order valence-electron chi connectivity index (χ1n) is 6.66. The van der Waals surface area contributed by atoms with Crippen molar-refractivity contribution in [1.82, 2.24) is 0 Å². The van der Waals surface area contributed by atoms with Gasteiger partial charge in [-0.2, -0.15) is 0 Å². The van der Waals surface area contributed by atoms with Gasteiger partial charge in [0.05, 0.1) is 10.0 Å². The number of carbonyl (C=O) groups is 2. The summed E-state index contributed by atoms with van der Waals surface area (Å²) in [5, 5.41) is 6.46. The molecule has 23 heavy (non-hydrogen) atoms. The second-order valence-corrected chi connectivity index (χ2v) is 6.11. The fourth-order valence-corrected chi connectivity index (χ4v) is 2.32. The van der Waals surface area contributed by atoms with Crippen molar-refractivity contribution in [3.63, 3.8) is 0 Å². The van der Waals surface area contributed by atoms with E-state index in [2.05, 4.69) is 10.6 Å². The molecular weight excluding hydrogens is 359 g/mol. The Morgan fingerprint density at radius 1 is 0.913 bits per heavy atom. The van der Waals surface area contributed by atoms with E-state index in [4.69, 9.17) is 34.8 Å². The van der Waals surface area contributed by atoms with E-state index in [0.29, 0.717) is 26.4 Å². The van der Waals surface area contributed by atoms with E-state index in [1.807, 2.05) is 6.92 Å². The fourth-order valence-electron chi connectivity index (χ4n) is 1.85. The van der Waals surface area contributed by atoms with Crippen molar-refractivity contribution in [2.45, 2.75) is 13.3 Å². The van der Waals surface area contributed by atoms with Gasteiger partial charge in [0.2, 0.25) is 11.8 Å². The number of rotatable bonds is 4. The zero-order valence-electron chi connectivity index (χ0n) is 12.1. The number of hydrogen-bond donors (Lipinski definition) is 2. The Morgan fingerprint density at radius 2 is 1.61 bits per heavy atom. The second kappa shape index (κ2) is 7.68. The molecule has 2 aromatic rings. The van der Waals surface area contributed by atoms with Gasteiger partial charge in [-0.05, 0) is 42.8 Å². The molecule has 0 fully saturated rings. The van der Waals surface area contributed by atoms with E-state index in [1.54, 1.807) is 30.3 Å². The summed E-state index contributed by atoms with van der Waals surface area (Å²) in [7, 11) is 0. The van der Waals surface area contributed by atoms with Crippen LogP contribution in [0.3, 0.4) is 0 Å². The lowest BCUT2D eigenvalue weighted by Crippen LogP contribution is -2.21. The van der Waals surface area contributed by atoms with E-state index in [-0.39, 0.29) is 6.42 Å². The molecule has 0 saturated heterocycles. The summed E-state index contributed by atoms with van der Waals surface area (Å²) in [5.41, 5.74) is 1.90. The summed E-state index contributed by atoms with van der Waals surface area (Å²) in [6.07, 6.45) is -0.327. The molecule has 120 valence electrons. The van der Waals surface area contributed by atoms with Gasteiger partial charge in [-0.1, -0.05) is 40.9 Å². The molecule has 0 aliphatic carbocycles. The van der Waals surface area contributed by atoms with Crippen molar-refractivity contribution in [2.75, 3.05) is 10.6 Å². The first-order valence-corrected chi connectivity index (χ1v) is 7.79. The van der Waals surface area contributed by atoms with Gasteiger partial charge in [-0.25, -0.2) is 0 Å². The van der Waals surface area contributed by atoms with E-state index in [9.17, 15) is 9.59 Å². The Labute approximate surface area is 148 Å². The van der Waals surface area contributed by atoms with Crippen molar-refractivity contribution in [3.8, 4) is 0 Å². The number of halogens is 3. The van der Waals surface area contributed by atoms with Crippen LogP contribution in [0.1, 0.15) is 12.0 Å². The summed E-state index contributed by atoms with van der Waals surface area (Å²) in [4.78, 5) is 23.8. The minimum atomic E-state index is -0.458. The zero-order valence-corrected chi connectivity index (χ0v) is 14.4. The Hall–Kier alpha value is -1.75. The van der Waals surface area contributed by atoms with E-state index < -0.39 is 11.8 Å². The first-order chi connectivity index (χ1) is 10.8. The third-order valence-corrected chi connectivity index (χ3v) is 3.97. The summed E-state index contributed by atoms with van der Waals surface area (Å²) >= 11 is 17.6. The SMILES string of the molecule is Cc1ccc(Cl)cc1NC(=O)CC(=O)Nc1ccc(Cl)c(Cl)c1. The lowest BCUT2D eigenvalue weighted by Gasteiger charge is -2.09. The van der Waals surface area contributed by atoms with Crippen LogP contribution in [0.5, 0.6) is 0 Å². The van der Waals surface area contributed by atoms with Gasteiger partial charge in [0.1, 0.15) is 6.42 Å². The van der Waals surface area contributed by atoms with Crippen LogP contribution in [0.2, 0.25) is 15.1 Å². The van der Waals surface area contributed by atoms with Gasteiger partial charge in [-0.3, -0.25) is 9.59 Å². The monoisotopic (exact) mass is 370 g/mol. The topological polar surface area (TPSA) is 58.2 Å². The van der Waals surface area contributed by atoms with Crippen LogP contribution in [0.15, 0.2) is 36.4 Å². The molecule has 0 unspecified atom stereocenters. The average Bonchev–Trinajstić information content (AvgIpc) is 2.46. The van der Waals surface area contributed by atoms with Gasteiger partial charge in [0.25, 0.3) is 0 Å². The van der Waals surface area contributed by atoms with Crippen LogP contribution >= 0.6 is 34.8 Å². The molecule has 0 heterocycles. The minimum Gasteiger partial charge on any atom is -0.326 e. The van der Waals surface area contributed by atoms with Crippen LogP contribution in [-0.4, -0.2) is 11.8 Å². The fraction of sp³-hybridized carbons (Fsp3) is 0.125. The number of nitrogens with one attached hydrogen (secondary N) is 2. The van der Waals surface area contributed by atoms with Crippen molar-refractivity contribution in [3.05, 3.63) is 57.0 Å². The largest absolute Gasteiger partial charge is 0.326 e. The van der Waals surface area contributed by atoms with Gasteiger partial charge in [-0.15, -0.1) is 0 Å². The van der Waals surface area contributed by atoms with Crippen LogP contribution in [0.4, 0.5) is 11.4 Å². The van der Waals surface area contributed by atoms with Crippen molar-refractivity contribution in [2.24, 2.45) is 0 Å². The number of aryl methyl sites for hydroxylation is 1. The molecule has 0 aromatic heterocycles. The summed E-state index contributed by atoms with van der Waals surface area (Å²) < 4.78 is 0. The molecule has 4 nitrogen and oxygen atoms in total. The molecular formula is C16H13Cl3N2O2. The van der Waals surface area contributed by atoms with Crippen molar-refractivity contribution < 1.29 is 9.59 Å². The third kappa shape index (κ3) is 5.13. The molecule has 0 radical (unpaired) electrons. The highest BCUT2D eigenvalue weighted by Crippen LogP contribution is 2.25. The molecule has 2 amide bonds. The Morgan fingerprint density at radius 3 is 2.30 bits per heavy atom. The highest BCUT2D eigenvalue weighted by atomic mass is 35.5. The van der Waals surface area contributed by atoms with Crippen LogP contribution < -0.4 is 10.6 Å². The number of hydrogen-bond acceptors (Lipinski definition) is 2. The molecule has 2 N–H and O–H groups in total. The number of carbonyl (C=O) groups excluding carboxylic acids is 2. The molecule has 0 atom stereocenters. The molecule has 7 heteroatoms. The van der Waals surface area contributed by atoms with Gasteiger partial charge >= 0.3 is 0 Å². The lowest BCUT2D eigenvalue weighted by atomic mass is 10.2. The smallest absolute Gasteiger partial charge is 0.233 e. The van der Waals surface area contributed by atoms with Gasteiger partial charge in [0, 0.05) is 16.4 Å². The normalized spacial score (nSPS) is 10.3. The van der Waals surface area contributed by atoms with E-state index in [0.717, 1.165) is 5.56 Å². The number of benzene rings is 2. The number of amides is 2. The molecule has 0 aliphatic rings.